The first-order valence-electron chi connectivity index (χ1n) is 7.44. The number of guanidine groups is 1. The molecule has 20 heavy (non-hydrogen) atoms. The lowest BCUT2D eigenvalue weighted by Gasteiger charge is -2.34. The Bertz CT molecular complexity index is 269. The Morgan fingerprint density at radius 1 is 1.30 bits per heavy atom. The van der Waals surface area contributed by atoms with Gasteiger partial charge in [0, 0.05) is 47.0 Å². The Morgan fingerprint density at radius 2 is 2.05 bits per heavy atom. The maximum Gasteiger partial charge on any atom is 0.193 e. The molecule has 0 aromatic heterocycles. The molecule has 0 aliphatic carbocycles. The lowest BCUT2D eigenvalue weighted by atomic mass is 10.1. The second-order valence-corrected chi connectivity index (χ2v) is 4.92. The van der Waals surface area contributed by atoms with Gasteiger partial charge in [0.05, 0.1) is 12.8 Å². The summed E-state index contributed by atoms with van der Waals surface area (Å²) in [4.78, 5) is 6.46. The van der Waals surface area contributed by atoms with E-state index in [0.717, 1.165) is 51.5 Å². The van der Waals surface area contributed by atoms with Crippen LogP contribution in [0, 0.1) is 0 Å². The van der Waals surface area contributed by atoms with Gasteiger partial charge in [-0.1, -0.05) is 0 Å². The second kappa shape index (κ2) is 10.9. The van der Waals surface area contributed by atoms with Crippen LogP contribution in [0.25, 0.3) is 0 Å². The molecule has 0 saturated carbocycles. The summed E-state index contributed by atoms with van der Waals surface area (Å²) in [6.45, 7) is 3.73. The van der Waals surface area contributed by atoms with Crippen molar-refractivity contribution < 1.29 is 13.9 Å². The number of halogens is 1. The fraction of sp³-hybridized carbons (Fsp3) is 0.929. The second-order valence-electron chi connectivity index (χ2n) is 4.92. The van der Waals surface area contributed by atoms with Crippen LogP contribution in [0.2, 0.25) is 0 Å². The zero-order valence-corrected chi connectivity index (χ0v) is 12.7. The SMILES string of the molecule is CN=C(NCCCF)N1CCC(OCCCOC)CC1. The third-order valence-corrected chi connectivity index (χ3v) is 3.39. The number of hydrogen-bond donors (Lipinski definition) is 1. The van der Waals surface area contributed by atoms with Gasteiger partial charge in [0.1, 0.15) is 0 Å². The summed E-state index contributed by atoms with van der Waals surface area (Å²) in [6.07, 6.45) is 3.83. The fourth-order valence-corrected chi connectivity index (χ4v) is 2.29. The number of likely N-dealkylation sites (tertiary alicyclic amines) is 1. The van der Waals surface area contributed by atoms with Crippen LogP contribution in [0.4, 0.5) is 4.39 Å². The van der Waals surface area contributed by atoms with Gasteiger partial charge in [-0.15, -0.1) is 0 Å². The van der Waals surface area contributed by atoms with Gasteiger partial charge in [-0.2, -0.15) is 0 Å². The van der Waals surface area contributed by atoms with Crippen LogP contribution in [0.5, 0.6) is 0 Å². The Labute approximate surface area is 121 Å². The van der Waals surface area contributed by atoms with Crippen LogP contribution >= 0.6 is 0 Å². The molecule has 0 bridgehead atoms. The Hall–Kier alpha value is -0.880. The molecule has 0 radical (unpaired) electrons. The zero-order valence-electron chi connectivity index (χ0n) is 12.7. The van der Waals surface area contributed by atoms with Crippen LogP contribution in [-0.4, -0.2) is 70.6 Å². The van der Waals surface area contributed by atoms with Gasteiger partial charge < -0.3 is 19.7 Å². The normalized spacial score (nSPS) is 17.6. The molecular weight excluding hydrogens is 261 g/mol. The summed E-state index contributed by atoms with van der Waals surface area (Å²) in [5.74, 6) is 0.872. The van der Waals surface area contributed by atoms with Crippen molar-refractivity contribution in [3.05, 3.63) is 0 Å². The topological polar surface area (TPSA) is 46.1 Å². The third kappa shape index (κ3) is 6.52. The standard InChI is InChI=1S/C14H28FN3O2/c1-16-14(17-8-3-7-15)18-9-5-13(6-10-18)20-12-4-11-19-2/h13H,3-12H2,1-2H3,(H,16,17). The molecule has 0 atom stereocenters. The average Bonchev–Trinajstić information content (AvgIpc) is 2.49. The van der Waals surface area contributed by atoms with Crippen LogP contribution in [-0.2, 0) is 9.47 Å². The highest BCUT2D eigenvalue weighted by molar-refractivity contribution is 5.79. The number of ether oxygens (including phenoxy) is 2. The first-order valence-corrected chi connectivity index (χ1v) is 7.44. The summed E-state index contributed by atoms with van der Waals surface area (Å²) < 4.78 is 22.9. The molecule has 0 aromatic carbocycles. The summed E-state index contributed by atoms with van der Waals surface area (Å²) in [6, 6.07) is 0. The highest BCUT2D eigenvalue weighted by atomic mass is 19.1. The molecule has 5 nitrogen and oxygen atoms in total. The first-order chi connectivity index (χ1) is 9.81. The maximum absolute atomic E-state index is 12.1. The van der Waals surface area contributed by atoms with Crippen molar-refractivity contribution in [3.63, 3.8) is 0 Å². The maximum atomic E-state index is 12.1. The molecule has 1 heterocycles. The van der Waals surface area contributed by atoms with Gasteiger partial charge >= 0.3 is 0 Å². The number of aliphatic imine (C=N–C) groups is 1. The zero-order chi connectivity index (χ0) is 14.6. The molecule has 118 valence electrons. The number of alkyl halides is 1. The van der Waals surface area contributed by atoms with Gasteiger partial charge in [0.15, 0.2) is 5.96 Å². The van der Waals surface area contributed by atoms with Crippen LogP contribution in [0.15, 0.2) is 4.99 Å². The Balaban J connectivity index is 2.19. The van der Waals surface area contributed by atoms with E-state index in [2.05, 4.69) is 15.2 Å². The molecule has 0 spiro atoms. The summed E-state index contributed by atoms with van der Waals surface area (Å²) in [7, 11) is 3.48. The van der Waals surface area contributed by atoms with E-state index in [0.29, 0.717) is 19.1 Å². The van der Waals surface area contributed by atoms with Crippen molar-refractivity contribution in [2.45, 2.75) is 31.8 Å². The number of nitrogens with zero attached hydrogens (tertiary/aromatic N) is 2. The quantitative estimate of drug-likeness (QED) is 0.417. The van der Waals surface area contributed by atoms with Crippen molar-refractivity contribution in [1.29, 1.82) is 0 Å². The van der Waals surface area contributed by atoms with Gasteiger partial charge in [-0.05, 0) is 25.7 Å². The molecule has 1 aliphatic rings. The fourth-order valence-electron chi connectivity index (χ4n) is 2.29. The van der Waals surface area contributed by atoms with Crippen molar-refractivity contribution in [2.75, 3.05) is 53.7 Å². The molecule has 1 rings (SSSR count). The molecule has 6 heteroatoms. The van der Waals surface area contributed by atoms with Gasteiger partial charge in [-0.25, -0.2) is 0 Å². The summed E-state index contributed by atoms with van der Waals surface area (Å²) in [5.41, 5.74) is 0. The molecule has 0 aromatic rings. The molecule has 1 fully saturated rings. The minimum Gasteiger partial charge on any atom is -0.385 e. The van der Waals surface area contributed by atoms with Crippen LogP contribution in [0.1, 0.15) is 25.7 Å². The number of hydrogen-bond acceptors (Lipinski definition) is 3. The summed E-state index contributed by atoms with van der Waals surface area (Å²) in [5, 5.41) is 3.19. The van der Waals surface area contributed by atoms with Gasteiger partial charge in [0.2, 0.25) is 0 Å². The monoisotopic (exact) mass is 289 g/mol. The van der Waals surface area contributed by atoms with Crippen molar-refractivity contribution in [1.82, 2.24) is 10.2 Å². The molecular formula is C14H28FN3O2. The third-order valence-electron chi connectivity index (χ3n) is 3.39. The number of methoxy groups -OCH3 is 1. The van der Waals surface area contributed by atoms with E-state index in [1.807, 2.05) is 0 Å². The van der Waals surface area contributed by atoms with Crippen molar-refractivity contribution in [2.24, 2.45) is 4.99 Å². The van der Waals surface area contributed by atoms with Crippen molar-refractivity contribution >= 4 is 5.96 Å². The molecule has 1 N–H and O–H groups in total. The first kappa shape index (κ1) is 17.2. The minimum absolute atomic E-state index is 0.290. The predicted octanol–water partition coefficient (Wildman–Crippen LogP) is 1.44. The van der Waals surface area contributed by atoms with E-state index in [1.54, 1.807) is 14.2 Å². The molecule has 1 aliphatic heterocycles. The van der Waals surface area contributed by atoms with E-state index < -0.39 is 0 Å². The number of piperidine rings is 1. The van der Waals surface area contributed by atoms with Gasteiger partial charge in [-0.3, -0.25) is 9.38 Å². The highest BCUT2D eigenvalue weighted by Crippen LogP contribution is 2.14. The van der Waals surface area contributed by atoms with E-state index >= 15 is 0 Å². The number of nitrogens with one attached hydrogen (secondary N) is 1. The van der Waals surface area contributed by atoms with E-state index in [-0.39, 0.29) is 6.67 Å². The molecule has 0 amide bonds. The average molecular weight is 289 g/mol. The smallest absolute Gasteiger partial charge is 0.193 e. The molecule has 1 saturated heterocycles. The molecule has 0 unspecified atom stereocenters. The Morgan fingerprint density at radius 3 is 2.65 bits per heavy atom. The summed E-state index contributed by atoms with van der Waals surface area (Å²) >= 11 is 0. The number of rotatable bonds is 8. The predicted molar refractivity (Wildman–Crippen MR) is 79.0 cm³/mol. The van der Waals surface area contributed by atoms with Crippen molar-refractivity contribution in [3.8, 4) is 0 Å². The lowest BCUT2D eigenvalue weighted by molar-refractivity contribution is 0.00991. The van der Waals surface area contributed by atoms with E-state index in [1.165, 1.54) is 0 Å². The van der Waals surface area contributed by atoms with Crippen LogP contribution in [0.3, 0.4) is 0 Å². The Kier molecular flexibility index (Phi) is 9.32. The lowest BCUT2D eigenvalue weighted by Crippen LogP contribution is -2.47. The largest absolute Gasteiger partial charge is 0.385 e. The van der Waals surface area contributed by atoms with Gasteiger partial charge in [0.25, 0.3) is 0 Å². The van der Waals surface area contributed by atoms with Crippen LogP contribution < -0.4 is 5.32 Å². The highest BCUT2D eigenvalue weighted by Gasteiger charge is 2.21. The van der Waals surface area contributed by atoms with E-state index in [9.17, 15) is 4.39 Å². The van der Waals surface area contributed by atoms with E-state index in [4.69, 9.17) is 9.47 Å². The minimum atomic E-state index is -0.290.